The van der Waals surface area contributed by atoms with E-state index < -0.39 is 10.8 Å². The number of nitrogens with zero attached hydrogens (tertiary/aromatic N) is 1. The molecule has 0 bridgehead atoms. The van der Waals surface area contributed by atoms with Crippen LogP contribution in [0.25, 0.3) is 0 Å². The maximum atomic E-state index is 12.5. The smallest absolute Gasteiger partial charge is 0.257 e. The predicted octanol–water partition coefficient (Wildman–Crippen LogP) is 3.92. The van der Waals surface area contributed by atoms with Crippen molar-refractivity contribution in [2.45, 2.75) is 43.1 Å². The average molecular weight is 342 g/mol. The third kappa shape index (κ3) is 4.51. The van der Waals surface area contributed by atoms with Crippen molar-refractivity contribution in [2.24, 2.45) is 0 Å². The number of aromatic nitrogens is 1. The minimum atomic E-state index is -0.837. The first-order valence-electron chi connectivity index (χ1n) is 8.40. The number of hydrogen-bond acceptors (Lipinski definition) is 3. The zero-order chi connectivity index (χ0) is 16.8. The van der Waals surface area contributed by atoms with Gasteiger partial charge in [0.2, 0.25) is 0 Å². The van der Waals surface area contributed by atoms with Crippen molar-refractivity contribution in [1.82, 2.24) is 4.98 Å². The Hall–Kier alpha value is -2.01. The number of benzene rings is 1. The highest BCUT2D eigenvalue weighted by Gasteiger charge is 2.19. The molecule has 24 heavy (non-hydrogen) atoms. The van der Waals surface area contributed by atoms with Crippen molar-refractivity contribution in [2.75, 3.05) is 5.32 Å². The molecule has 0 spiro atoms. The summed E-state index contributed by atoms with van der Waals surface area (Å²) in [4.78, 5) is 16.1. The standard InChI is InChI=1S/C19H22N2O2S/c22-19(16-7-5-11-20-13-16)21-17-8-4-6-15(12-17)14-24(23)18-9-2-1-3-10-18/h4-8,11-13,18H,1-3,9-10,14H2,(H,21,22)/t24-/m0/s1. The van der Waals surface area contributed by atoms with E-state index in [2.05, 4.69) is 10.3 Å². The number of carbonyl (C=O) groups excluding carboxylic acids is 1. The molecule has 126 valence electrons. The molecule has 1 aromatic heterocycles. The second-order valence-corrected chi connectivity index (χ2v) is 7.90. The van der Waals surface area contributed by atoms with Crippen molar-refractivity contribution in [3.8, 4) is 0 Å². The fourth-order valence-corrected chi connectivity index (χ4v) is 4.65. The largest absolute Gasteiger partial charge is 0.322 e. The summed E-state index contributed by atoms with van der Waals surface area (Å²) in [6.07, 6.45) is 8.97. The van der Waals surface area contributed by atoms with E-state index in [-0.39, 0.29) is 5.91 Å². The number of hydrogen-bond donors (Lipinski definition) is 1. The lowest BCUT2D eigenvalue weighted by Crippen LogP contribution is -2.20. The van der Waals surface area contributed by atoms with Crippen LogP contribution in [-0.4, -0.2) is 20.3 Å². The summed E-state index contributed by atoms with van der Waals surface area (Å²) in [6, 6.07) is 11.1. The number of nitrogens with one attached hydrogen (secondary N) is 1. The van der Waals surface area contributed by atoms with E-state index in [4.69, 9.17) is 0 Å². The van der Waals surface area contributed by atoms with Crippen molar-refractivity contribution in [3.05, 3.63) is 59.9 Å². The fraction of sp³-hybridized carbons (Fsp3) is 0.368. The Morgan fingerprint density at radius 3 is 2.75 bits per heavy atom. The van der Waals surface area contributed by atoms with Gasteiger partial charge in [-0.15, -0.1) is 0 Å². The molecule has 1 amide bonds. The van der Waals surface area contributed by atoms with E-state index in [1.165, 1.54) is 25.5 Å². The van der Waals surface area contributed by atoms with Crippen LogP contribution < -0.4 is 5.32 Å². The molecule has 1 N–H and O–H groups in total. The first-order chi connectivity index (χ1) is 11.7. The van der Waals surface area contributed by atoms with Crippen LogP contribution in [-0.2, 0) is 16.6 Å². The molecule has 1 atom stereocenters. The maximum absolute atomic E-state index is 12.5. The first kappa shape index (κ1) is 16.8. The summed E-state index contributed by atoms with van der Waals surface area (Å²) >= 11 is 0. The van der Waals surface area contributed by atoms with Crippen molar-refractivity contribution in [1.29, 1.82) is 0 Å². The zero-order valence-electron chi connectivity index (χ0n) is 13.6. The molecule has 1 fully saturated rings. The molecule has 4 nitrogen and oxygen atoms in total. The van der Waals surface area contributed by atoms with Crippen molar-refractivity contribution in [3.63, 3.8) is 0 Å². The van der Waals surface area contributed by atoms with Gasteiger partial charge in [0.1, 0.15) is 0 Å². The molecule has 1 aliphatic carbocycles. The van der Waals surface area contributed by atoms with Gasteiger partial charge < -0.3 is 5.32 Å². The van der Waals surface area contributed by atoms with Gasteiger partial charge in [-0.3, -0.25) is 14.0 Å². The van der Waals surface area contributed by atoms with Gasteiger partial charge in [-0.2, -0.15) is 0 Å². The van der Waals surface area contributed by atoms with Crippen LogP contribution >= 0.6 is 0 Å². The summed E-state index contributed by atoms with van der Waals surface area (Å²) in [5, 5.41) is 3.20. The second-order valence-electron chi connectivity index (χ2n) is 6.18. The van der Waals surface area contributed by atoms with Crippen LogP contribution in [0.5, 0.6) is 0 Å². The second kappa shape index (κ2) is 8.20. The minimum absolute atomic E-state index is 0.186. The third-order valence-electron chi connectivity index (χ3n) is 4.34. The molecule has 1 aliphatic rings. The van der Waals surface area contributed by atoms with Gasteiger partial charge in [-0.25, -0.2) is 0 Å². The zero-order valence-corrected chi connectivity index (χ0v) is 14.4. The Labute approximate surface area is 145 Å². The lowest BCUT2D eigenvalue weighted by Gasteiger charge is -2.21. The van der Waals surface area contributed by atoms with Crippen LogP contribution in [0.1, 0.15) is 48.0 Å². The highest BCUT2D eigenvalue weighted by molar-refractivity contribution is 7.84. The first-order valence-corrected chi connectivity index (χ1v) is 9.78. The molecule has 0 aliphatic heterocycles. The maximum Gasteiger partial charge on any atom is 0.257 e. The summed E-state index contributed by atoms with van der Waals surface area (Å²) in [7, 11) is -0.837. The van der Waals surface area contributed by atoms with Gasteiger partial charge in [0, 0.05) is 39.9 Å². The van der Waals surface area contributed by atoms with Crippen LogP contribution in [0, 0.1) is 0 Å². The molecule has 2 aromatic rings. The molecule has 0 radical (unpaired) electrons. The summed E-state index contributed by atoms with van der Waals surface area (Å²) in [5.74, 6) is 0.370. The predicted molar refractivity (Wildman–Crippen MR) is 97.4 cm³/mol. The number of rotatable bonds is 5. The fourth-order valence-electron chi connectivity index (χ4n) is 3.05. The number of amides is 1. The van der Waals surface area contributed by atoms with E-state index in [0.29, 0.717) is 16.6 Å². The highest BCUT2D eigenvalue weighted by Crippen LogP contribution is 2.24. The minimum Gasteiger partial charge on any atom is -0.322 e. The lowest BCUT2D eigenvalue weighted by atomic mass is 10.0. The SMILES string of the molecule is O=C(Nc1cccc(C[S@](=O)C2CCCCC2)c1)c1cccnc1. The number of anilines is 1. The Kier molecular flexibility index (Phi) is 5.75. The molecular weight excluding hydrogens is 320 g/mol. The Bertz CT molecular complexity index is 712. The van der Waals surface area contributed by atoms with E-state index >= 15 is 0 Å². The molecular formula is C19H22N2O2S. The number of pyridine rings is 1. The van der Waals surface area contributed by atoms with Crippen LogP contribution in [0.3, 0.4) is 0 Å². The topological polar surface area (TPSA) is 59.1 Å². The van der Waals surface area contributed by atoms with Gasteiger partial charge >= 0.3 is 0 Å². The average Bonchev–Trinajstić information content (AvgIpc) is 2.63. The molecule has 0 unspecified atom stereocenters. The van der Waals surface area contributed by atoms with Crippen LogP contribution in [0.2, 0.25) is 0 Å². The van der Waals surface area contributed by atoms with Crippen LogP contribution in [0.15, 0.2) is 48.8 Å². The Morgan fingerprint density at radius 1 is 1.17 bits per heavy atom. The van der Waals surface area contributed by atoms with E-state index in [1.54, 1.807) is 18.3 Å². The quantitative estimate of drug-likeness (QED) is 0.896. The van der Waals surface area contributed by atoms with E-state index in [9.17, 15) is 9.00 Å². The Balaban J connectivity index is 1.63. The monoisotopic (exact) mass is 342 g/mol. The Morgan fingerprint density at radius 2 is 2.00 bits per heavy atom. The third-order valence-corrected chi connectivity index (χ3v) is 6.17. The van der Waals surface area contributed by atoms with E-state index in [1.807, 2.05) is 24.3 Å². The van der Waals surface area contributed by atoms with E-state index in [0.717, 1.165) is 24.1 Å². The normalized spacial score (nSPS) is 16.5. The summed E-state index contributed by atoms with van der Waals surface area (Å²) < 4.78 is 12.5. The number of carbonyl (C=O) groups is 1. The van der Waals surface area contributed by atoms with Crippen molar-refractivity contribution < 1.29 is 9.00 Å². The van der Waals surface area contributed by atoms with Gasteiger partial charge in [-0.1, -0.05) is 31.4 Å². The molecule has 1 aromatic carbocycles. The van der Waals surface area contributed by atoms with Gasteiger partial charge in [0.15, 0.2) is 0 Å². The summed E-state index contributed by atoms with van der Waals surface area (Å²) in [5.41, 5.74) is 2.25. The highest BCUT2D eigenvalue weighted by atomic mass is 32.2. The molecule has 1 saturated carbocycles. The molecule has 1 heterocycles. The lowest BCUT2D eigenvalue weighted by molar-refractivity contribution is 0.102. The van der Waals surface area contributed by atoms with Crippen molar-refractivity contribution >= 4 is 22.4 Å². The molecule has 3 rings (SSSR count). The van der Waals surface area contributed by atoms with Gasteiger partial charge in [0.25, 0.3) is 5.91 Å². The molecule has 0 saturated heterocycles. The molecule has 5 heteroatoms. The van der Waals surface area contributed by atoms with Crippen LogP contribution in [0.4, 0.5) is 5.69 Å². The van der Waals surface area contributed by atoms with Gasteiger partial charge in [0.05, 0.1) is 5.56 Å². The summed E-state index contributed by atoms with van der Waals surface area (Å²) in [6.45, 7) is 0. The van der Waals surface area contributed by atoms with Gasteiger partial charge in [-0.05, 0) is 42.7 Å².